The van der Waals surface area contributed by atoms with E-state index in [9.17, 15) is 4.79 Å². The maximum absolute atomic E-state index is 12.4. The van der Waals surface area contributed by atoms with E-state index in [0.717, 1.165) is 28.4 Å². The quantitative estimate of drug-likeness (QED) is 0.435. The van der Waals surface area contributed by atoms with E-state index < -0.39 is 0 Å². The number of hydrogen-bond acceptors (Lipinski definition) is 5. The fraction of sp³-hybridized carbons (Fsp3) is 0.211. The monoisotopic (exact) mass is 414 g/mol. The zero-order valence-corrected chi connectivity index (χ0v) is 15.8. The minimum atomic E-state index is 0.0851. The number of ketones is 1. The molecule has 3 aromatic rings. The SMILES string of the molecule is O=C(CSc1nnc(-c2cccc(Br)c2)o1)c1ccc2c(c1)CCC2. The lowest BCUT2D eigenvalue weighted by molar-refractivity contribution is 0.102. The molecule has 1 aromatic heterocycles. The molecule has 1 heterocycles. The molecule has 0 radical (unpaired) electrons. The molecule has 1 aliphatic carbocycles. The molecule has 0 N–H and O–H groups in total. The van der Waals surface area contributed by atoms with Crippen LogP contribution >= 0.6 is 27.7 Å². The van der Waals surface area contributed by atoms with Gasteiger partial charge in [0.05, 0.1) is 5.75 Å². The second-order valence-corrected chi connectivity index (χ2v) is 7.77. The Balaban J connectivity index is 1.42. The van der Waals surface area contributed by atoms with Crippen LogP contribution in [0.5, 0.6) is 0 Å². The Kier molecular flexibility index (Phi) is 4.72. The zero-order chi connectivity index (χ0) is 17.2. The van der Waals surface area contributed by atoms with Gasteiger partial charge in [0.15, 0.2) is 5.78 Å². The molecule has 2 aromatic carbocycles. The van der Waals surface area contributed by atoms with E-state index in [1.807, 2.05) is 36.4 Å². The minimum Gasteiger partial charge on any atom is -0.411 e. The molecule has 0 bridgehead atoms. The van der Waals surface area contributed by atoms with Gasteiger partial charge < -0.3 is 4.42 Å². The van der Waals surface area contributed by atoms with Crippen LogP contribution in [0.4, 0.5) is 0 Å². The molecule has 0 amide bonds. The van der Waals surface area contributed by atoms with E-state index in [2.05, 4.69) is 32.2 Å². The fourth-order valence-electron chi connectivity index (χ4n) is 2.96. The third kappa shape index (κ3) is 3.70. The van der Waals surface area contributed by atoms with Gasteiger partial charge >= 0.3 is 0 Å². The van der Waals surface area contributed by atoms with Gasteiger partial charge in [-0.25, -0.2) is 0 Å². The van der Waals surface area contributed by atoms with Crippen molar-refractivity contribution in [1.82, 2.24) is 10.2 Å². The zero-order valence-electron chi connectivity index (χ0n) is 13.4. The Labute approximate surface area is 158 Å². The topological polar surface area (TPSA) is 56.0 Å². The van der Waals surface area contributed by atoms with E-state index in [1.165, 1.54) is 29.3 Å². The first-order valence-electron chi connectivity index (χ1n) is 8.06. The number of aromatic nitrogens is 2. The lowest BCUT2D eigenvalue weighted by Crippen LogP contribution is -2.03. The summed E-state index contributed by atoms with van der Waals surface area (Å²) in [5.74, 6) is 0.828. The van der Waals surface area contributed by atoms with Gasteiger partial charge in [0, 0.05) is 15.6 Å². The summed E-state index contributed by atoms with van der Waals surface area (Å²) >= 11 is 4.70. The Hall–Kier alpha value is -1.92. The highest BCUT2D eigenvalue weighted by Crippen LogP contribution is 2.27. The summed E-state index contributed by atoms with van der Waals surface area (Å²) in [7, 11) is 0. The summed E-state index contributed by atoms with van der Waals surface area (Å²) in [5.41, 5.74) is 4.30. The van der Waals surface area contributed by atoms with Crippen LogP contribution < -0.4 is 0 Å². The van der Waals surface area contributed by atoms with E-state index in [1.54, 1.807) is 0 Å². The van der Waals surface area contributed by atoms with Crippen LogP contribution in [0.25, 0.3) is 11.5 Å². The number of rotatable bonds is 5. The number of nitrogens with zero attached hydrogens (tertiary/aromatic N) is 2. The number of carbonyl (C=O) groups excluding carboxylic acids is 1. The van der Waals surface area contributed by atoms with Crippen molar-refractivity contribution in [2.45, 2.75) is 24.5 Å². The van der Waals surface area contributed by atoms with Gasteiger partial charge in [-0.05, 0) is 54.7 Å². The molecule has 6 heteroatoms. The average molecular weight is 415 g/mol. The summed E-state index contributed by atoms with van der Waals surface area (Å²) in [4.78, 5) is 12.4. The Morgan fingerprint density at radius 1 is 1.12 bits per heavy atom. The van der Waals surface area contributed by atoms with Crippen LogP contribution in [-0.4, -0.2) is 21.7 Å². The predicted octanol–water partition coefficient (Wildman–Crippen LogP) is 4.96. The molecule has 0 fully saturated rings. The second kappa shape index (κ2) is 7.14. The number of Topliss-reactive ketones (excluding diaryl/α,β-unsaturated/α-hetero) is 1. The summed E-state index contributed by atoms with van der Waals surface area (Å²) in [5, 5.41) is 8.49. The Bertz CT molecular complexity index is 939. The molecule has 0 aliphatic heterocycles. The van der Waals surface area contributed by atoms with E-state index in [-0.39, 0.29) is 5.78 Å². The van der Waals surface area contributed by atoms with Gasteiger partial charge in [-0.15, -0.1) is 10.2 Å². The fourth-order valence-corrected chi connectivity index (χ4v) is 4.02. The molecule has 0 unspecified atom stereocenters. The molecule has 0 spiro atoms. The molecule has 1 aliphatic rings. The molecule has 0 atom stereocenters. The highest BCUT2D eigenvalue weighted by molar-refractivity contribution is 9.10. The first-order chi connectivity index (χ1) is 12.2. The highest BCUT2D eigenvalue weighted by Gasteiger charge is 2.16. The van der Waals surface area contributed by atoms with Crippen molar-refractivity contribution in [2.75, 3.05) is 5.75 Å². The maximum atomic E-state index is 12.4. The smallest absolute Gasteiger partial charge is 0.277 e. The van der Waals surface area contributed by atoms with Crippen molar-refractivity contribution in [3.63, 3.8) is 0 Å². The van der Waals surface area contributed by atoms with Gasteiger partial charge in [0.2, 0.25) is 5.89 Å². The lowest BCUT2D eigenvalue weighted by atomic mass is 10.0. The van der Waals surface area contributed by atoms with E-state index in [0.29, 0.717) is 16.9 Å². The minimum absolute atomic E-state index is 0.0851. The Morgan fingerprint density at radius 2 is 2.00 bits per heavy atom. The molecular weight excluding hydrogens is 400 g/mol. The van der Waals surface area contributed by atoms with Gasteiger partial charge in [0.25, 0.3) is 5.22 Å². The van der Waals surface area contributed by atoms with Crippen molar-refractivity contribution in [3.8, 4) is 11.5 Å². The van der Waals surface area contributed by atoms with Gasteiger partial charge in [0.1, 0.15) is 0 Å². The average Bonchev–Trinajstić information content (AvgIpc) is 3.28. The summed E-state index contributed by atoms with van der Waals surface area (Å²) in [6.07, 6.45) is 3.38. The number of carbonyl (C=O) groups is 1. The van der Waals surface area contributed by atoms with E-state index >= 15 is 0 Å². The highest BCUT2D eigenvalue weighted by atomic mass is 79.9. The number of benzene rings is 2. The van der Waals surface area contributed by atoms with Crippen molar-refractivity contribution >= 4 is 33.5 Å². The first kappa shape index (κ1) is 16.5. The third-order valence-electron chi connectivity index (χ3n) is 4.23. The van der Waals surface area contributed by atoms with Crippen LogP contribution in [0.15, 0.2) is 56.6 Å². The van der Waals surface area contributed by atoms with Gasteiger partial charge in [-0.1, -0.05) is 45.9 Å². The van der Waals surface area contributed by atoms with Crippen molar-refractivity contribution in [1.29, 1.82) is 0 Å². The molecule has 0 saturated carbocycles. The number of aryl methyl sites for hydroxylation is 2. The van der Waals surface area contributed by atoms with Crippen LogP contribution in [0.1, 0.15) is 27.9 Å². The summed E-state index contributed by atoms with van der Waals surface area (Å²) in [6, 6.07) is 13.7. The van der Waals surface area contributed by atoms with Crippen LogP contribution in [0.2, 0.25) is 0 Å². The molecule has 126 valence electrons. The van der Waals surface area contributed by atoms with Gasteiger partial charge in [-0.2, -0.15) is 0 Å². The molecular formula is C19H15BrN2O2S. The molecule has 4 rings (SSSR count). The molecule has 0 saturated heterocycles. The lowest BCUT2D eigenvalue weighted by Gasteiger charge is -2.03. The molecule has 25 heavy (non-hydrogen) atoms. The van der Waals surface area contributed by atoms with Crippen molar-refractivity contribution < 1.29 is 9.21 Å². The van der Waals surface area contributed by atoms with Gasteiger partial charge in [-0.3, -0.25) is 4.79 Å². The number of thioether (sulfide) groups is 1. The van der Waals surface area contributed by atoms with Crippen LogP contribution in [-0.2, 0) is 12.8 Å². The van der Waals surface area contributed by atoms with Crippen molar-refractivity contribution in [2.24, 2.45) is 0 Å². The maximum Gasteiger partial charge on any atom is 0.277 e. The predicted molar refractivity (Wildman–Crippen MR) is 101 cm³/mol. The van der Waals surface area contributed by atoms with E-state index in [4.69, 9.17) is 4.42 Å². The number of hydrogen-bond donors (Lipinski definition) is 0. The summed E-state index contributed by atoms with van der Waals surface area (Å²) in [6.45, 7) is 0. The largest absolute Gasteiger partial charge is 0.411 e. The number of halogens is 1. The van der Waals surface area contributed by atoms with Crippen LogP contribution in [0.3, 0.4) is 0 Å². The van der Waals surface area contributed by atoms with Crippen LogP contribution in [0, 0.1) is 0 Å². The second-order valence-electron chi connectivity index (χ2n) is 5.93. The Morgan fingerprint density at radius 3 is 2.88 bits per heavy atom. The standard InChI is InChI=1S/C19H15BrN2O2S/c20-16-6-2-5-15(10-16)18-21-22-19(24-18)25-11-17(23)14-8-7-12-3-1-4-13(12)9-14/h2,5-10H,1,3-4,11H2. The van der Waals surface area contributed by atoms with Crippen molar-refractivity contribution in [3.05, 3.63) is 63.6 Å². The third-order valence-corrected chi connectivity index (χ3v) is 5.54. The number of fused-ring (bicyclic) bond motifs is 1. The summed E-state index contributed by atoms with van der Waals surface area (Å²) < 4.78 is 6.60. The normalized spacial score (nSPS) is 13.0. The molecule has 4 nitrogen and oxygen atoms in total. The first-order valence-corrected chi connectivity index (χ1v) is 9.84.